The summed E-state index contributed by atoms with van der Waals surface area (Å²) in [5.74, 6) is -0.920. The highest BCUT2D eigenvalue weighted by Crippen LogP contribution is 2.31. The fourth-order valence-electron chi connectivity index (χ4n) is 3.47. The predicted octanol–water partition coefficient (Wildman–Crippen LogP) is 5.91. The highest BCUT2D eigenvalue weighted by molar-refractivity contribution is 5.90. The average Bonchev–Trinajstić information content (AvgIpc) is 3.22. The van der Waals surface area contributed by atoms with Gasteiger partial charge in [0.1, 0.15) is 0 Å². The summed E-state index contributed by atoms with van der Waals surface area (Å²) in [5, 5.41) is 11.4. The van der Waals surface area contributed by atoms with Crippen molar-refractivity contribution < 1.29 is 14.6 Å². The second kappa shape index (κ2) is 7.33. The summed E-state index contributed by atoms with van der Waals surface area (Å²) in [6.45, 7) is 2.05. The third kappa shape index (κ3) is 3.30. The van der Waals surface area contributed by atoms with Gasteiger partial charge in [0, 0.05) is 18.5 Å². The molecule has 1 heterocycles. The summed E-state index contributed by atoms with van der Waals surface area (Å²) < 4.78 is 5.53. The fourth-order valence-corrected chi connectivity index (χ4v) is 3.47. The molecule has 0 aliphatic heterocycles. The molecular formula is C24H21NO3. The van der Waals surface area contributed by atoms with Gasteiger partial charge in [0.15, 0.2) is 0 Å². The maximum atomic E-state index is 11.0. The SMILES string of the molecule is COC(C)c1cccc2ccc(-c3ccc(-c4ccc(C(=O)O)cc4)[nH]3)cc12. The van der Waals surface area contributed by atoms with Gasteiger partial charge >= 0.3 is 5.97 Å². The van der Waals surface area contributed by atoms with Gasteiger partial charge in [-0.2, -0.15) is 0 Å². The van der Waals surface area contributed by atoms with Crippen LogP contribution in [-0.4, -0.2) is 23.2 Å². The second-order valence-corrected chi connectivity index (χ2v) is 6.83. The molecule has 28 heavy (non-hydrogen) atoms. The summed E-state index contributed by atoms with van der Waals surface area (Å²) >= 11 is 0. The van der Waals surface area contributed by atoms with Crippen LogP contribution in [0.3, 0.4) is 0 Å². The lowest BCUT2D eigenvalue weighted by Crippen LogP contribution is -1.96. The Hall–Kier alpha value is -3.37. The number of aromatic nitrogens is 1. The zero-order chi connectivity index (χ0) is 19.7. The Balaban J connectivity index is 1.72. The number of ether oxygens (including phenoxy) is 1. The van der Waals surface area contributed by atoms with Crippen LogP contribution in [0.15, 0.2) is 72.8 Å². The van der Waals surface area contributed by atoms with Crippen molar-refractivity contribution in [3.8, 4) is 22.5 Å². The van der Waals surface area contributed by atoms with E-state index in [1.165, 1.54) is 10.8 Å². The van der Waals surface area contributed by atoms with Gasteiger partial charge in [0.05, 0.1) is 11.7 Å². The number of hydrogen-bond donors (Lipinski definition) is 2. The van der Waals surface area contributed by atoms with E-state index in [-0.39, 0.29) is 11.7 Å². The highest BCUT2D eigenvalue weighted by atomic mass is 16.5. The molecule has 4 rings (SSSR count). The Morgan fingerprint density at radius 1 is 0.929 bits per heavy atom. The predicted molar refractivity (Wildman–Crippen MR) is 112 cm³/mol. The van der Waals surface area contributed by atoms with Crippen LogP contribution < -0.4 is 0 Å². The summed E-state index contributed by atoms with van der Waals surface area (Å²) in [6, 6.07) is 23.6. The zero-order valence-electron chi connectivity index (χ0n) is 15.8. The zero-order valence-corrected chi connectivity index (χ0v) is 15.8. The Morgan fingerprint density at radius 2 is 1.61 bits per heavy atom. The van der Waals surface area contributed by atoms with Gasteiger partial charge in [0.2, 0.25) is 0 Å². The molecule has 4 heteroatoms. The van der Waals surface area contributed by atoms with E-state index < -0.39 is 5.97 Å². The number of methoxy groups -OCH3 is 1. The van der Waals surface area contributed by atoms with Gasteiger partial charge in [-0.15, -0.1) is 0 Å². The van der Waals surface area contributed by atoms with Crippen molar-refractivity contribution in [3.05, 3.63) is 83.9 Å². The van der Waals surface area contributed by atoms with Gasteiger partial charge in [-0.05, 0) is 64.7 Å². The van der Waals surface area contributed by atoms with Gasteiger partial charge in [0.25, 0.3) is 0 Å². The minimum Gasteiger partial charge on any atom is -0.478 e. The molecule has 1 aromatic heterocycles. The van der Waals surface area contributed by atoms with Crippen LogP contribution in [0.25, 0.3) is 33.3 Å². The minimum atomic E-state index is -0.920. The standard InChI is InChI=1S/C24H21NO3/c1-15(28-2)20-5-3-4-16-6-11-19(14-21(16)20)23-13-12-22(25-23)17-7-9-18(10-8-17)24(26)27/h3-15,25H,1-2H3,(H,26,27). The molecule has 0 aliphatic carbocycles. The molecule has 1 unspecified atom stereocenters. The molecule has 0 aliphatic rings. The molecule has 0 fully saturated rings. The normalized spacial score (nSPS) is 12.2. The summed E-state index contributed by atoms with van der Waals surface area (Å²) in [7, 11) is 1.72. The van der Waals surface area contributed by atoms with Crippen LogP contribution in [0.4, 0.5) is 0 Å². The van der Waals surface area contributed by atoms with E-state index in [0.29, 0.717) is 0 Å². The van der Waals surface area contributed by atoms with Crippen LogP contribution in [0.1, 0.15) is 28.9 Å². The molecule has 1 atom stereocenters. The third-order valence-electron chi connectivity index (χ3n) is 5.15. The summed E-state index contributed by atoms with van der Waals surface area (Å²) in [6.07, 6.45) is 0.0194. The Labute approximate surface area is 163 Å². The molecule has 2 N–H and O–H groups in total. The van der Waals surface area contributed by atoms with E-state index in [2.05, 4.69) is 48.3 Å². The first-order valence-corrected chi connectivity index (χ1v) is 9.15. The molecule has 0 saturated heterocycles. The van der Waals surface area contributed by atoms with E-state index >= 15 is 0 Å². The third-order valence-corrected chi connectivity index (χ3v) is 5.15. The highest BCUT2D eigenvalue weighted by Gasteiger charge is 2.11. The topological polar surface area (TPSA) is 62.3 Å². The van der Waals surface area contributed by atoms with E-state index in [0.717, 1.165) is 28.1 Å². The van der Waals surface area contributed by atoms with Gasteiger partial charge in [-0.25, -0.2) is 4.79 Å². The average molecular weight is 371 g/mol. The quantitative estimate of drug-likeness (QED) is 0.458. The van der Waals surface area contributed by atoms with Crippen molar-refractivity contribution in [1.29, 1.82) is 0 Å². The number of nitrogens with one attached hydrogen (secondary N) is 1. The minimum absolute atomic E-state index is 0.0194. The van der Waals surface area contributed by atoms with Gasteiger partial charge < -0.3 is 14.8 Å². The molecular weight excluding hydrogens is 350 g/mol. The first kappa shape index (κ1) is 18.0. The Bertz CT molecular complexity index is 1140. The number of fused-ring (bicyclic) bond motifs is 1. The monoisotopic (exact) mass is 371 g/mol. The fraction of sp³-hybridized carbons (Fsp3) is 0.125. The lowest BCUT2D eigenvalue weighted by atomic mass is 9.98. The van der Waals surface area contributed by atoms with Gasteiger partial charge in [-0.1, -0.05) is 42.5 Å². The molecule has 0 radical (unpaired) electrons. The largest absolute Gasteiger partial charge is 0.478 e. The second-order valence-electron chi connectivity index (χ2n) is 6.83. The Kier molecular flexibility index (Phi) is 4.72. The van der Waals surface area contributed by atoms with Crippen molar-refractivity contribution >= 4 is 16.7 Å². The number of rotatable bonds is 5. The molecule has 4 aromatic rings. The lowest BCUT2D eigenvalue weighted by Gasteiger charge is -2.14. The van der Waals surface area contributed by atoms with E-state index in [1.54, 1.807) is 19.2 Å². The number of carbonyl (C=O) groups is 1. The smallest absolute Gasteiger partial charge is 0.335 e. The molecule has 0 saturated carbocycles. The number of hydrogen-bond acceptors (Lipinski definition) is 2. The first-order chi connectivity index (χ1) is 13.6. The van der Waals surface area contributed by atoms with E-state index in [4.69, 9.17) is 9.84 Å². The van der Waals surface area contributed by atoms with Crippen molar-refractivity contribution in [2.45, 2.75) is 13.0 Å². The van der Waals surface area contributed by atoms with Crippen molar-refractivity contribution in [2.75, 3.05) is 7.11 Å². The molecule has 3 aromatic carbocycles. The number of carboxylic acid groups (broad SMARTS) is 1. The van der Waals surface area contributed by atoms with Crippen molar-refractivity contribution in [2.24, 2.45) is 0 Å². The molecule has 0 amide bonds. The van der Waals surface area contributed by atoms with Crippen LogP contribution >= 0.6 is 0 Å². The summed E-state index contributed by atoms with van der Waals surface area (Å²) in [4.78, 5) is 14.5. The lowest BCUT2D eigenvalue weighted by molar-refractivity contribution is 0.0697. The van der Waals surface area contributed by atoms with Crippen LogP contribution in [-0.2, 0) is 4.74 Å². The Morgan fingerprint density at radius 3 is 2.29 bits per heavy atom. The molecule has 0 spiro atoms. The van der Waals surface area contributed by atoms with Gasteiger partial charge in [-0.3, -0.25) is 0 Å². The number of aromatic carboxylic acids is 1. The van der Waals surface area contributed by atoms with Crippen LogP contribution in [0, 0.1) is 0 Å². The number of benzene rings is 3. The molecule has 0 bridgehead atoms. The number of carboxylic acids is 1. The van der Waals surface area contributed by atoms with Crippen LogP contribution in [0.2, 0.25) is 0 Å². The maximum Gasteiger partial charge on any atom is 0.335 e. The molecule has 140 valence electrons. The van der Waals surface area contributed by atoms with Crippen LogP contribution in [0.5, 0.6) is 0 Å². The van der Waals surface area contributed by atoms with Crippen molar-refractivity contribution in [1.82, 2.24) is 4.98 Å². The number of aromatic amines is 1. The summed E-state index contributed by atoms with van der Waals surface area (Å²) in [5.41, 5.74) is 5.45. The van der Waals surface area contributed by atoms with E-state index in [9.17, 15) is 4.79 Å². The maximum absolute atomic E-state index is 11.0. The number of H-pyrrole nitrogens is 1. The van der Waals surface area contributed by atoms with Crippen molar-refractivity contribution in [3.63, 3.8) is 0 Å². The first-order valence-electron chi connectivity index (χ1n) is 9.15. The molecule has 4 nitrogen and oxygen atoms in total. The van der Waals surface area contributed by atoms with E-state index in [1.807, 2.05) is 24.3 Å².